The maximum Gasteiger partial charge on any atom is 0.261 e. The summed E-state index contributed by atoms with van der Waals surface area (Å²) < 4.78 is 11.7. The number of pyridine rings is 1. The zero-order valence-electron chi connectivity index (χ0n) is 12.6. The second-order valence-electron chi connectivity index (χ2n) is 4.70. The molecule has 0 aliphatic heterocycles. The van der Waals surface area contributed by atoms with Crippen molar-refractivity contribution in [3.8, 4) is 23.1 Å². The molecule has 1 aromatic heterocycles. The predicted molar refractivity (Wildman–Crippen MR) is 80.9 cm³/mol. The molecule has 112 valence electrons. The van der Waals surface area contributed by atoms with Crippen LogP contribution in [0.25, 0.3) is 5.69 Å². The first-order valence-electron chi connectivity index (χ1n) is 6.70. The van der Waals surface area contributed by atoms with E-state index in [1.165, 1.54) is 11.7 Å². The van der Waals surface area contributed by atoms with Gasteiger partial charge in [-0.3, -0.25) is 4.79 Å². The molecule has 2 aromatic rings. The Morgan fingerprint density at radius 2 is 1.90 bits per heavy atom. The SMILES string of the molecule is CCc1c(C)cc(O)n(-c2cc(OC)ccc2OC)c1=O. The van der Waals surface area contributed by atoms with Gasteiger partial charge in [-0.2, -0.15) is 0 Å². The summed E-state index contributed by atoms with van der Waals surface area (Å²) in [4.78, 5) is 12.6. The van der Waals surface area contributed by atoms with E-state index in [1.54, 1.807) is 31.4 Å². The van der Waals surface area contributed by atoms with Crippen LogP contribution in [0, 0.1) is 6.92 Å². The molecule has 2 rings (SSSR count). The summed E-state index contributed by atoms with van der Waals surface area (Å²) in [5, 5.41) is 10.2. The van der Waals surface area contributed by atoms with Gasteiger partial charge in [0.25, 0.3) is 5.56 Å². The van der Waals surface area contributed by atoms with Gasteiger partial charge in [-0.05, 0) is 31.0 Å². The summed E-state index contributed by atoms with van der Waals surface area (Å²) in [6.07, 6.45) is 0.594. The van der Waals surface area contributed by atoms with E-state index < -0.39 is 0 Å². The fourth-order valence-electron chi connectivity index (χ4n) is 2.39. The minimum atomic E-state index is -0.249. The van der Waals surface area contributed by atoms with Gasteiger partial charge in [-0.15, -0.1) is 0 Å². The Labute approximate surface area is 123 Å². The van der Waals surface area contributed by atoms with E-state index in [2.05, 4.69) is 0 Å². The Morgan fingerprint density at radius 3 is 2.48 bits per heavy atom. The van der Waals surface area contributed by atoms with Crippen LogP contribution in [0.3, 0.4) is 0 Å². The molecule has 0 unspecified atom stereocenters. The Balaban J connectivity index is 2.81. The second kappa shape index (κ2) is 5.91. The van der Waals surface area contributed by atoms with Crippen molar-refractivity contribution in [2.45, 2.75) is 20.3 Å². The van der Waals surface area contributed by atoms with Crippen LogP contribution in [0.1, 0.15) is 18.1 Å². The lowest BCUT2D eigenvalue weighted by Crippen LogP contribution is -2.23. The highest BCUT2D eigenvalue weighted by Crippen LogP contribution is 2.29. The molecule has 0 aliphatic carbocycles. The predicted octanol–water partition coefficient (Wildman–Crippen LogP) is 2.43. The van der Waals surface area contributed by atoms with E-state index >= 15 is 0 Å². The van der Waals surface area contributed by atoms with Gasteiger partial charge in [-0.25, -0.2) is 4.57 Å². The number of aryl methyl sites for hydroxylation is 1. The van der Waals surface area contributed by atoms with Crippen molar-refractivity contribution < 1.29 is 14.6 Å². The van der Waals surface area contributed by atoms with Crippen molar-refractivity contribution in [3.63, 3.8) is 0 Å². The number of aromatic nitrogens is 1. The van der Waals surface area contributed by atoms with Crippen LogP contribution in [0.5, 0.6) is 17.4 Å². The lowest BCUT2D eigenvalue weighted by Gasteiger charge is -2.16. The van der Waals surface area contributed by atoms with Crippen LogP contribution in [0.4, 0.5) is 0 Å². The minimum Gasteiger partial charge on any atom is -0.497 e. The van der Waals surface area contributed by atoms with Gasteiger partial charge in [0, 0.05) is 17.7 Å². The number of methoxy groups -OCH3 is 2. The molecule has 5 nitrogen and oxygen atoms in total. The van der Waals surface area contributed by atoms with Gasteiger partial charge in [0.2, 0.25) is 0 Å². The van der Waals surface area contributed by atoms with Gasteiger partial charge >= 0.3 is 0 Å². The molecule has 0 aliphatic rings. The third-order valence-electron chi connectivity index (χ3n) is 3.49. The molecule has 0 atom stereocenters. The molecular formula is C16H19NO4. The molecule has 5 heteroatoms. The third-order valence-corrected chi connectivity index (χ3v) is 3.49. The highest BCUT2D eigenvalue weighted by atomic mass is 16.5. The Bertz CT molecular complexity index is 719. The van der Waals surface area contributed by atoms with E-state index in [-0.39, 0.29) is 11.4 Å². The van der Waals surface area contributed by atoms with Crippen LogP contribution in [-0.4, -0.2) is 23.9 Å². The number of nitrogens with zero attached hydrogens (tertiary/aromatic N) is 1. The van der Waals surface area contributed by atoms with Crippen molar-refractivity contribution in [3.05, 3.63) is 45.7 Å². The topological polar surface area (TPSA) is 60.7 Å². The molecule has 0 amide bonds. The highest BCUT2D eigenvalue weighted by molar-refractivity contribution is 5.53. The molecule has 0 saturated heterocycles. The van der Waals surface area contributed by atoms with Crippen molar-refractivity contribution in [1.29, 1.82) is 0 Å². The van der Waals surface area contributed by atoms with E-state index in [0.717, 1.165) is 5.56 Å². The van der Waals surface area contributed by atoms with E-state index in [0.29, 0.717) is 29.2 Å². The van der Waals surface area contributed by atoms with E-state index in [4.69, 9.17) is 9.47 Å². The van der Waals surface area contributed by atoms with Crippen LogP contribution in [-0.2, 0) is 6.42 Å². The first-order valence-corrected chi connectivity index (χ1v) is 6.70. The summed E-state index contributed by atoms with van der Waals surface area (Å²) in [5.41, 5.74) is 1.64. The molecule has 0 radical (unpaired) electrons. The van der Waals surface area contributed by atoms with Crippen LogP contribution >= 0.6 is 0 Å². The molecule has 1 heterocycles. The first-order chi connectivity index (χ1) is 10.0. The van der Waals surface area contributed by atoms with Gasteiger partial charge in [0.1, 0.15) is 11.5 Å². The van der Waals surface area contributed by atoms with E-state index in [9.17, 15) is 9.90 Å². The average Bonchev–Trinajstić information content (AvgIpc) is 2.47. The highest BCUT2D eigenvalue weighted by Gasteiger charge is 2.16. The molecule has 1 aromatic carbocycles. The zero-order valence-corrected chi connectivity index (χ0v) is 12.6. The quantitative estimate of drug-likeness (QED) is 0.939. The normalized spacial score (nSPS) is 10.5. The third kappa shape index (κ3) is 2.59. The summed E-state index contributed by atoms with van der Waals surface area (Å²) >= 11 is 0. The average molecular weight is 289 g/mol. The lowest BCUT2D eigenvalue weighted by molar-refractivity contribution is 0.394. The molecule has 1 N–H and O–H groups in total. The van der Waals surface area contributed by atoms with Gasteiger partial charge < -0.3 is 14.6 Å². The molecule has 0 spiro atoms. The standard InChI is InChI=1S/C16H19NO4/c1-5-12-10(2)8-15(18)17(16(12)19)13-9-11(20-3)6-7-14(13)21-4/h6-9,18H,5H2,1-4H3. The van der Waals surface area contributed by atoms with Crippen molar-refractivity contribution in [2.75, 3.05) is 14.2 Å². The summed E-state index contributed by atoms with van der Waals surface area (Å²) in [6.45, 7) is 3.72. The number of ether oxygens (including phenoxy) is 2. The van der Waals surface area contributed by atoms with Crippen LogP contribution < -0.4 is 15.0 Å². The van der Waals surface area contributed by atoms with Gasteiger partial charge in [0.15, 0.2) is 5.88 Å². The number of aromatic hydroxyl groups is 1. The fourth-order valence-corrected chi connectivity index (χ4v) is 2.39. The number of benzene rings is 1. The number of hydrogen-bond donors (Lipinski definition) is 1. The number of hydrogen-bond acceptors (Lipinski definition) is 4. The van der Waals surface area contributed by atoms with Crippen molar-refractivity contribution in [2.24, 2.45) is 0 Å². The molecule has 0 saturated carbocycles. The summed E-state index contributed by atoms with van der Waals surface area (Å²) in [6, 6.07) is 6.68. The summed E-state index contributed by atoms with van der Waals surface area (Å²) in [5.74, 6) is 0.941. The molecule has 0 bridgehead atoms. The monoisotopic (exact) mass is 289 g/mol. The molecular weight excluding hydrogens is 270 g/mol. The summed E-state index contributed by atoms with van der Waals surface area (Å²) in [7, 11) is 3.06. The lowest BCUT2D eigenvalue weighted by atomic mass is 10.1. The van der Waals surface area contributed by atoms with Gasteiger partial charge in [-0.1, -0.05) is 6.92 Å². The molecule has 21 heavy (non-hydrogen) atoms. The minimum absolute atomic E-state index is 0.124. The van der Waals surface area contributed by atoms with Crippen molar-refractivity contribution in [1.82, 2.24) is 4.57 Å². The maximum absolute atomic E-state index is 12.6. The smallest absolute Gasteiger partial charge is 0.261 e. The largest absolute Gasteiger partial charge is 0.497 e. The van der Waals surface area contributed by atoms with E-state index in [1.807, 2.05) is 13.8 Å². The zero-order chi connectivity index (χ0) is 15.6. The van der Waals surface area contributed by atoms with Crippen LogP contribution in [0.15, 0.2) is 29.1 Å². The number of rotatable bonds is 4. The van der Waals surface area contributed by atoms with Gasteiger partial charge in [0.05, 0.1) is 19.9 Å². The van der Waals surface area contributed by atoms with Crippen molar-refractivity contribution >= 4 is 0 Å². The fraction of sp³-hybridized carbons (Fsp3) is 0.312. The first kappa shape index (κ1) is 15.0. The maximum atomic E-state index is 12.6. The molecule has 0 fully saturated rings. The Morgan fingerprint density at radius 1 is 1.19 bits per heavy atom. The Hall–Kier alpha value is -2.43. The second-order valence-corrected chi connectivity index (χ2v) is 4.70. The van der Waals surface area contributed by atoms with Crippen LogP contribution in [0.2, 0.25) is 0 Å². The Kier molecular flexibility index (Phi) is 4.21.